The third-order valence-corrected chi connectivity index (χ3v) is 5.26. The van der Waals surface area contributed by atoms with Gasteiger partial charge in [-0.15, -0.1) is 11.3 Å². The number of benzene rings is 1. The normalized spacial score (nSPS) is 10.9. The van der Waals surface area contributed by atoms with Gasteiger partial charge >= 0.3 is 0 Å². The summed E-state index contributed by atoms with van der Waals surface area (Å²) in [6.07, 6.45) is 2.40. The first-order valence-electron chi connectivity index (χ1n) is 9.03. The Kier molecular flexibility index (Phi) is 6.73. The molecule has 0 bridgehead atoms. The van der Waals surface area contributed by atoms with Crippen LogP contribution in [0.5, 0.6) is 5.75 Å². The van der Waals surface area contributed by atoms with E-state index in [1.807, 2.05) is 61.5 Å². The molecular weight excluding hydrogens is 372 g/mol. The lowest BCUT2D eigenvalue weighted by Gasteiger charge is -2.09. The van der Waals surface area contributed by atoms with E-state index in [1.165, 1.54) is 11.3 Å². The molecule has 3 aromatic rings. The summed E-state index contributed by atoms with van der Waals surface area (Å²) in [7, 11) is 5.61. The smallest absolute Gasteiger partial charge is 0.261 e. The number of carbonyl (C=O) groups excluding carboxylic acids is 1. The van der Waals surface area contributed by atoms with Crippen LogP contribution >= 0.6 is 11.3 Å². The third kappa shape index (κ3) is 5.37. The first-order valence-corrected chi connectivity index (χ1v) is 9.85. The number of nitrogens with zero attached hydrogens (tertiary/aromatic N) is 3. The fourth-order valence-corrected chi connectivity index (χ4v) is 3.52. The Bertz CT molecular complexity index is 922. The van der Waals surface area contributed by atoms with Gasteiger partial charge in [0.05, 0.1) is 22.6 Å². The van der Waals surface area contributed by atoms with Gasteiger partial charge in [0, 0.05) is 25.7 Å². The molecule has 0 fully saturated rings. The molecular formula is C21H24N4O2S. The maximum absolute atomic E-state index is 12.3. The van der Waals surface area contributed by atoms with Crippen LogP contribution in [0.4, 0.5) is 0 Å². The fraction of sp³-hybridized carbons (Fsp3) is 0.286. The number of methoxy groups -OCH3 is 1. The molecule has 146 valence electrons. The molecule has 0 aliphatic carbocycles. The van der Waals surface area contributed by atoms with Crippen LogP contribution in [0.1, 0.15) is 21.1 Å². The van der Waals surface area contributed by atoms with Gasteiger partial charge in [0.15, 0.2) is 0 Å². The summed E-state index contributed by atoms with van der Waals surface area (Å²) < 4.78 is 5.19. The molecule has 1 aromatic carbocycles. The molecule has 7 heteroatoms. The second-order valence-electron chi connectivity index (χ2n) is 6.61. The second-order valence-corrected chi connectivity index (χ2v) is 7.69. The van der Waals surface area contributed by atoms with E-state index in [0.717, 1.165) is 34.3 Å². The van der Waals surface area contributed by atoms with E-state index >= 15 is 0 Å². The average Bonchev–Trinajstić information content (AvgIpc) is 3.19. The summed E-state index contributed by atoms with van der Waals surface area (Å²) in [6.45, 7) is 1.43. The molecule has 0 saturated heterocycles. The Labute approximate surface area is 169 Å². The van der Waals surface area contributed by atoms with Crippen molar-refractivity contribution < 1.29 is 9.53 Å². The summed E-state index contributed by atoms with van der Waals surface area (Å²) >= 11 is 1.44. The molecule has 2 heterocycles. The van der Waals surface area contributed by atoms with Crippen LogP contribution in [0.2, 0.25) is 0 Å². The molecule has 0 aliphatic rings. The first-order chi connectivity index (χ1) is 13.5. The van der Waals surface area contributed by atoms with Gasteiger partial charge in [-0.05, 0) is 50.0 Å². The van der Waals surface area contributed by atoms with Gasteiger partial charge < -0.3 is 15.0 Å². The van der Waals surface area contributed by atoms with E-state index in [0.29, 0.717) is 17.8 Å². The van der Waals surface area contributed by atoms with Crippen LogP contribution in [0.3, 0.4) is 0 Å². The van der Waals surface area contributed by atoms with Gasteiger partial charge in [-0.2, -0.15) is 0 Å². The lowest BCUT2D eigenvalue weighted by Crippen LogP contribution is -2.30. The zero-order valence-electron chi connectivity index (χ0n) is 16.3. The summed E-state index contributed by atoms with van der Waals surface area (Å²) in [5, 5.41) is 2.94. The monoisotopic (exact) mass is 396 g/mol. The second kappa shape index (κ2) is 9.43. The van der Waals surface area contributed by atoms with E-state index < -0.39 is 0 Å². The first kappa shape index (κ1) is 20.0. The third-order valence-electron chi connectivity index (χ3n) is 4.15. The molecule has 6 nitrogen and oxygen atoms in total. The number of aromatic nitrogens is 2. The minimum Gasteiger partial charge on any atom is -0.497 e. The van der Waals surface area contributed by atoms with Crippen molar-refractivity contribution in [2.75, 3.05) is 34.3 Å². The van der Waals surface area contributed by atoms with Gasteiger partial charge in [-0.1, -0.05) is 12.1 Å². The van der Waals surface area contributed by atoms with Crippen molar-refractivity contribution in [3.05, 3.63) is 64.9 Å². The Morgan fingerprint density at radius 1 is 1.14 bits per heavy atom. The molecule has 1 N–H and O–H groups in total. The molecule has 0 spiro atoms. The van der Waals surface area contributed by atoms with Crippen molar-refractivity contribution in [2.24, 2.45) is 0 Å². The predicted octanol–water partition coefficient (Wildman–Crippen LogP) is 3.10. The van der Waals surface area contributed by atoms with Crippen molar-refractivity contribution in [1.82, 2.24) is 20.2 Å². The number of likely N-dealkylation sites (N-methyl/N-ethyl adjacent to an activating group) is 1. The number of thiophene rings is 1. The Hall–Kier alpha value is -2.77. The predicted molar refractivity (Wildman–Crippen MR) is 112 cm³/mol. The Morgan fingerprint density at radius 2 is 1.93 bits per heavy atom. The quantitative estimate of drug-likeness (QED) is 0.634. The molecule has 0 unspecified atom stereocenters. The number of nitrogens with one attached hydrogen (secondary N) is 1. The minimum atomic E-state index is -0.0504. The highest BCUT2D eigenvalue weighted by atomic mass is 32.1. The van der Waals surface area contributed by atoms with Gasteiger partial charge in [-0.3, -0.25) is 4.79 Å². The lowest BCUT2D eigenvalue weighted by molar-refractivity contribution is 0.0955. The molecule has 3 rings (SSSR count). The number of rotatable bonds is 8. The molecule has 0 radical (unpaired) electrons. The zero-order chi connectivity index (χ0) is 19.9. The van der Waals surface area contributed by atoms with Crippen LogP contribution in [-0.4, -0.2) is 55.1 Å². The van der Waals surface area contributed by atoms with Crippen LogP contribution in [0.25, 0.3) is 10.6 Å². The van der Waals surface area contributed by atoms with Crippen LogP contribution in [0.15, 0.2) is 48.7 Å². The number of ether oxygens (including phenoxy) is 1. The van der Waals surface area contributed by atoms with Gasteiger partial charge in [0.1, 0.15) is 11.6 Å². The van der Waals surface area contributed by atoms with Crippen LogP contribution in [0, 0.1) is 0 Å². The van der Waals surface area contributed by atoms with E-state index in [1.54, 1.807) is 13.3 Å². The Morgan fingerprint density at radius 3 is 2.64 bits per heavy atom. The van der Waals surface area contributed by atoms with Crippen LogP contribution < -0.4 is 10.1 Å². The molecule has 1 amide bonds. The number of hydrogen-bond acceptors (Lipinski definition) is 6. The van der Waals surface area contributed by atoms with Gasteiger partial charge in [0.25, 0.3) is 5.91 Å². The largest absolute Gasteiger partial charge is 0.497 e. The number of amides is 1. The Balaban J connectivity index is 1.68. The summed E-state index contributed by atoms with van der Waals surface area (Å²) in [5.41, 5.74) is 1.95. The highest BCUT2D eigenvalue weighted by Crippen LogP contribution is 2.26. The van der Waals surface area contributed by atoms with E-state index in [2.05, 4.69) is 15.3 Å². The van der Waals surface area contributed by atoms with E-state index in [9.17, 15) is 4.79 Å². The highest BCUT2D eigenvalue weighted by Gasteiger charge is 2.11. The molecule has 2 aromatic heterocycles. The van der Waals surface area contributed by atoms with E-state index in [4.69, 9.17) is 4.74 Å². The topological polar surface area (TPSA) is 67.3 Å². The van der Waals surface area contributed by atoms with Crippen molar-refractivity contribution in [1.29, 1.82) is 0 Å². The van der Waals surface area contributed by atoms with Crippen LogP contribution in [-0.2, 0) is 6.42 Å². The van der Waals surface area contributed by atoms with Crippen molar-refractivity contribution >= 4 is 17.2 Å². The van der Waals surface area contributed by atoms with Crippen molar-refractivity contribution in [3.8, 4) is 16.3 Å². The molecule has 0 saturated carbocycles. The molecule has 0 atom stereocenters. The number of carbonyl (C=O) groups is 1. The van der Waals surface area contributed by atoms with Crippen molar-refractivity contribution in [2.45, 2.75) is 6.42 Å². The summed E-state index contributed by atoms with van der Waals surface area (Å²) in [6, 6.07) is 13.5. The summed E-state index contributed by atoms with van der Waals surface area (Å²) in [4.78, 5) is 25.0. The molecule has 28 heavy (non-hydrogen) atoms. The van der Waals surface area contributed by atoms with Crippen molar-refractivity contribution in [3.63, 3.8) is 0 Å². The zero-order valence-corrected chi connectivity index (χ0v) is 17.1. The van der Waals surface area contributed by atoms with E-state index in [-0.39, 0.29) is 5.91 Å². The lowest BCUT2D eigenvalue weighted by atomic mass is 10.1. The molecule has 0 aliphatic heterocycles. The maximum Gasteiger partial charge on any atom is 0.261 e. The standard InChI is InChI=1S/C21H24N4O2S/c1-25(2)13-12-23-21(26)19-9-8-18(28-19)17-10-11-22-20(24-17)14-15-4-6-16(27-3)7-5-15/h4-11H,12-14H2,1-3H3,(H,23,26). The minimum absolute atomic E-state index is 0.0504. The average molecular weight is 397 g/mol. The van der Waals surface area contributed by atoms with Gasteiger partial charge in [0.2, 0.25) is 0 Å². The fourth-order valence-electron chi connectivity index (χ4n) is 2.63. The SMILES string of the molecule is COc1ccc(Cc2nccc(-c3ccc(C(=O)NCCN(C)C)s3)n2)cc1. The summed E-state index contributed by atoms with van der Waals surface area (Å²) in [5.74, 6) is 1.52. The van der Waals surface area contributed by atoms with Gasteiger partial charge in [-0.25, -0.2) is 9.97 Å². The maximum atomic E-state index is 12.3. The highest BCUT2D eigenvalue weighted by molar-refractivity contribution is 7.17. The number of hydrogen-bond donors (Lipinski definition) is 1.